The Morgan fingerprint density at radius 1 is 1.33 bits per heavy atom. The summed E-state index contributed by atoms with van der Waals surface area (Å²) in [5, 5.41) is 10.7. The van der Waals surface area contributed by atoms with E-state index in [0.717, 1.165) is 45.6 Å². The molecule has 1 unspecified atom stereocenters. The molecule has 2 aliphatic rings. The summed E-state index contributed by atoms with van der Waals surface area (Å²) in [6.07, 6.45) is 3.04. The molecule has 0 saturated carbocycles. The fourth-order valence-electron chi connectivity index (χ4n) is 3.27. The minimum absolute atomic E-state index is 0.125. The molecule has 1 N–H and O–H groups in total. The highest BCUT2D eigenvalue weighted by Gasteiger charge is 2.48. The Balaban J connectivity index is 2.00. The minimum Gasteiger partial charge on any atom is -0.387 e. The molecule has 2 saturated heterocycles. The monoisotopic (exact) mass is 257 g/mol. The van der Waals surface area contributed by atoms with Crippen LogP contribution in [0.1, 0.15) is 33.1 Å². The normalized spacial score (nSPS) is 34.7. The molecular weight excluding hydrogens is 230 g/mol. The quantitative estimate of drug-likeness (QED) is 0.827. The van der Waals surface area contributed by atoms with Crippen LogP contribution in [-0.2, 0) is 9.47 Å². The summed E-state index contributed by atoms with van der Waals surface area (Å²) in [5.74, 6) is 0. The van der Waals surface area contributed by atoms with Crippen molar-refractivity contribution >= 4 is 0 Å². The summed E-state index contributed by atoms with van der Waals surface area (Å²) >= 11 is 0. The van der Waals surface area contributed by atoms with Crippen LogP contribution in [0.25, 0.3) is 0 Å². The molecule has 0 bridgehead atoms. The highest BCUT2D eigenvalue weighted by molar-refractivity contribution is 5.00. The third-order valence-corrected chi connectivity index (χ3v) is 4.76. The Labute approximate surface area is 110 Å². The van der Waals surface area contributed by atoms with E-state index in [-0.39, 0.29) is 5.41 Å². The molecule has 2 rings (SSSR count). The standard InChI is InChI=1S/C14H27NO3/c1-13(2)10-15(12-4-8-18-9-5-12)7-6-14(13,16)11-17-3/h12,16H,4-11H2,1-3H3. The second-order valence-electron chi connectivity index (χ2n) is 6.41. The molecule has 4 nitrogen and oxygen atoms in total. The third-order valence-electron chi connectivity index (χ3n) is 4.76. The topological polar surface area (TPSA) is 41.9 Å². The first-order valence-corrected chi connectivity index (χ1v) is 7.02. The van der Waals surface area contributed by atoms with Crippen molar-refractivity contribution in [3.05, 3.63) is 0 Å². The molecule has 0 spiro atoms. The second-order valence-corrected chi connectivity index (χ2v) is 6.41. The molecule has 0 aromatic carbocycles. The highest BCUT2D eigenvalue weighted by atomic mass is 16.5. The van der Waals surface area contributed by atoms with E-state index in [0.29, 0.717) is 12.6 Å². The van der Waals surface area contributed by atoms with E-state index in [1.807, 2.05) is 0 Å². The number of piperidine rings is 1. The van der Waals surface area contributed by atoms with Crippen LogP contribution in [0.4, 0.5) is 0 Å². The molecule has 0 aliphatic carbocycles. The Morgan fingerprint density at radius 2 is 2.00 bits per heavy atom. The fraction of sp³-hybridized carbons (Fsp3) is 1.00. The predicted molar refractivity (Wildman–Crippen MR) is 70.6 cm³/mol. The molecule has 0 aromatic heterocycles. The van der Waals surface area contributed by atoms with Crippen molar-refractivity contribution < 1.29 is 14.6 Å². The molecule has 2 fully saturated rings. The van der Waals surface area contributed by atoms with Crippen molar-refractivity contribution in [2.45, 2.75) is 44.8 Å². The first-order chi connectivity index (χ1) is 8.48. The van der Waals surface area contributed by atoms with Gasteiger partial charge in [0, 0.05) is 44.9 Å². The largest absolute Gasteiger partial charge is 0.387 e. The van der Waals surface area contributed by atoms with E-state index < -0.39 is 5.60 Å². The number of rotatable bonds is 3. The first-order valence-electron chi connectivity index (χ1n) is 7.02. The number of ether oxygens (including phenoxy) is 2. The molecule has 4 heteroatoms. The molecule has 0 aromatic rings. The molecule has 106 valence electrons. The average Bonchev–Trinajstić information content (AvgIpc) is 2.34. The van der Waals surface area contributed by atoms with E-state index in [1.165, 1.54) is 0 Å². The zero-order chi connectivity index (χ0) is 13.2. The lowest BCUT2D eigenvalue weighted by Crippen LogP contribution is -2.61. The van der Waals surface area contributed by atoms with Crippen LogP contribution in [0.5, 0.6) is 0 Å². The predicted octanol–water partition coefficient (Wildman–Crippen LogP) is 1.27. The van der Waals surface area contributed by atoms with Crippen LogP contribution in [0.15, 0.2) is 0 Å². The van der Waals surface area contributed by atoms with E-state index in [2.05, 4.69) is 18.7 Å². The Morgan fingerprint density at radius 3 is 2.56 bits per heavy atom. The minimum atomic E-state index is -0.691. The number of likely N-dealkylation sites (tertiary alicyclic amines) is 1. The van der Waals surface area contributed by atoms with E-state index in [1.54, 1.807) is 7.11 Å². The van der Waals surface area contributed by atoms with Crippen LogP contribution in [0, 0.1) is 5.41 Å². The van der Waals surface area contributed by atoms with Gasteiger partial charge in [-0.05, 0) is 19.3 Å². The number of nitrogens with zero attached hydrogens (tertiary/aromatic N) is 1. The smallest absolute Gasteiger partial charge is 0.0954 e. The summed E-state index contributed by atoms with van der Waals surface area (Å²) in [6.45, 7) is 8.40. The van der Waals surface area contributed by atoms with Crippen LogP contribution in [0.2, 0.25) is 0 Å². The Kier molecular flexibility index (Phi) is 4.32. The SMILES string of the molecule is COCC1(O)CCN(C2CCOCC2)CC1(C)C. The van der Waals surface area contributed by atoms with Gasteiger partial charge in [0.2, 0.25) is 0 Å². The lowest BCUT2D eigenvalue weighted by Gasteiger charge is -2.52. The molecule has 1 atom stereocenters. The zero-order valence-corrected chi connectivity index (χ0v) is 11.9. The van der Waals surface area contributed by atoms with Crippen molar-refractivity contribution in [2.75, 3.05) is 40.0 Å². The van der Waals surface area contributed by atoms with Crippen LogP contribution in [-0.4, -0.2) is 61.7 Å². The van der Waals surface area contributed by atoms with Gasteiger partial charge in [-0.3, -0.25) is 4.90 Å². The van der Waals surface area contributed by atoms with E-state index >= 15 is 0 Å². The molecule has 18 heavy (non-hydrogen) atoms. The van der Waals surface area contributed by atoms with E-state index in [9.17, 15) is 5.11 Å². The average molecular weight is 257 g/mol. The number of hydrogen-bond donors (Lipinski definition) is 1. The number of hydrogen-bond acceptors (Lipinski definition) is 4. The van der Waals surface area contributed by atoms with Gasteiger partial charge in [0.25, 0.3) is 0 Å². The summed E-state index contributed by atoms with van der Waals surface area (Å²) in [7, 11) is 1.67. The zero-order valence-electron chi connectivity index (χ0n) is 11.9. The Bertz CT molecular complexity index is 276. The van der Waals surface area contributed by atoms with Gasteiger partial charge < -0.3 is 14.6 Å². The summed E-state index contributed by atoms with van der Waals surface area (Å²) < 4.78 is 10.6. The lowest BCUT2D eigenvalue weighted by molar-refractivity contribution is -0.159. The summed E-state index contributed by atoms with van der Waals surface area (Å²) in [6, 6.07) is 0.630. The molecule has 2 aliphatic heterocycles. The maximum absolute atomic E-state index is 10.7. The van der Waals surface area contributed by atoms with Gasteiger partial charge in [-0.2, -0.15) is 0 Å². The highest BCUT2D eigenvalue weighted by Crippen LogP contribution is 2.40. The maximum atomic E-state index is 10.7. The van der Waals surface area contributed by atoms with E-state index in [4.69, 9.17) is 9.47 Å². The first kappa shape index (κ1) is 14.3. The van der Waals surface area contributed by atoms with Gasteiger partial charge in [-0.25, -0.2) is 0 Å². The molecule has 2 heterocycles. The van der Waals surface area contributed by atoms with Gasteiger partial charge in [0.15, 0.2) is 0 Å². The van der Waals surface area contributed by atoms with Crippen molar-refractivity contribution in [1.29, 1.82) is 0 Å². The van der Waals surface area contributed by atoms with Crippen molar-refractivity contribution in [3.8, 4) is 0 Å². The molecular formula is C14H27NO3. The number of aliphatic hydroxyl groups is 1. The molecule has 0 amide bonds. The van der Waals surface area contributed by atoms with Gasteiger partial charge in [0.1, 0.15) is 0 Å². The summed E-state index contributed by atoms with van der Waals surface area (Å²) in [4.78, 5) is 2.53. The molecule has 0 radical (unpaired) electrons. The summed E-state index contributed by atoms with van der Waals surface area (Å²) in [5.41, 5.74) is -0.816. The fourth-order valence-corrected chi connectivity index (χ4v) is 3.27. The van der Waals surface area contributed by atoms with Crippen LogP contribution < -0.4 is 0 Å². The van der Waals surface area contributed by atoms with Crippen molar-refractivity contribution in [3.63, 3.8) is 0 Å². The van der Waals surface area contributed by atoms with Gasteiger partial charge in [-0.15, -0.1) is 0 Å². The van der Waals surface area contributed by atoms with Gasteiger partial charge >= 0.3 is 0 Å². The maximum Gasteiger partial charge on any atom is 0.0954 e. The second kappa shape index (κ2) is 5.45. The Hall–Kier alpha value is -0.160. The van der Waals surface area contributed by atoms with Crippen LogP contribution >= 0.6 is 0 Å². The van der Waals surface area contributed by atoms with Gasteiger partial charge in [0.05, 0.1) is 12.2 Å². The van der Waals surface area contributed by atoms with Crippen molar-refractivity contribution in [1.82, 2.24) is 4.90 Å². The number of methoxy groups -OCH3 is 1. The third kappa shape index (κ3) is 2.72. The lowest BCUT2D eigenvalue weighted by atomic mass is 9.70. The van der Waals surface area contributed by atoms with Crippen LogP contribution in [0.3, 0.4) is 0 Å². The van der Waals surface area contributed by atoms with Gasteiger partial charge in [-0.1, -0.05) is 13.8 Å². The van der Waals surface area contributed by atoms with Crippen molar-refractivity contribution in [2.24, 2.45) is 5.41 Å².